The fraction of sp³-hybridized carbons (Fsp3) is 0.333. The minimum atomic E-state index is -0.309. The normalized spacial score (nSPS) is 12.9. The Morgan fingerprint density at radius 3 is 2.38 bits per heavy atom. The quantitative estimate of drug-likeness (QED) is 0.652. The lowest BCUT2D eigenvalue weighted by Crippen LogP contribution is -2.05. The van der Waals surface area contributed by atoms with Gasteiger partial charge in [0.15, 0.2) is 0 Å². The highest BCUT2D eigenvalue weighted by Gasteiger charge is 2.15. The van der Waals surface area contributed by atoms with E-state index < -0.39 is 0 Å². The first-order valence-electron chi connectivity index (χ1n) is 3.91. The second-order valence-electron chi connectivity index (χ2n) is 3.08. The Bertz CT molecular complexity index is 337. The van der Waals surface area contributed by atoms with E-state index in [2.05, 4.69) is 0 Å². The van der Waals surface area contributed by atoms with Crippen molar-refractivity contribution in [3.63, 3.8) is 0 Å². The second kappa shape index (κ2) is 3.44. The monoisotopic (exact) mass is 201 g/mol. The van der Waals surface area contributed by atoms with E-state index in [1.807, 2.05) is 0 Å². The molecule has 1 aromatic rings. The maximum atomic E-state index is 9.50. The van der Waals surface area contributed by atoms with E-state index in [0.29, 0.717) is 11.1 Å². The fourth-order valence-electron chi connectivity index (χ4n) is 1.13. The number of aromatic hydroxyl groups is 2. The molecule has 0 bridgehead atoms. The van der Waals surface area contributed by atoms with Gasteiger partial charge in [0.25, 0.3) is 0 Å². The summed E-state index contributed by atoms with van der Waals surface area (Å²) in [4.78, 5) is 0. The number of hydrogen-bond acceptors (Lipinski definition) is 3. The molecule has 0 aliphatic heterocycles. The van der Waals surface area contributed by atoms with Crippen LogP contribution < -0.4 is 5.73 Å². The van der Waals surface area contributed by atoms with Gasteiger partial charge in [-0.25, -0.2) is 0 Å². The maximum absolute atomic E-state index is 9.50. The molecule has 0 spiro atoms. The SMILES string of the molecule is Cc1cc(C(C)N)c(O)c(Cl)c1O. The predicted molar refractivity (Wildman–Crippen MR) is 52.1 cm³/mol. The first-order valence-corrected chi connectivity index (χ1v) is 4.29. The zero-order valence-electron chi connectivity index (χ0n) is 7.50. The van der Waals surface area contributed by atoms with Crippen molar-refractivity contribution in [3.8, 4) is 11.5 Å². The molecule has 0 radical (unpaired) electrons. The minimum Gasteiger partial charge on any atom is -0.506 e. The molecule has 1 aromatic carbocycles. The van der Waals surface area contributed by atoms with Crippen LogP contribution in [0.3, 0.4) is 0 Å². The van der Waals surface area contributed by atoms with E-state index in [4.69, 9.17) is 17.3 Å². The Morgan fingerprint density at radius 2 is 1.92 bits per heavy atom. The van der Waals surface area contributed by atoms with Crippen LogP contribution in [0.1, 0.15) is 24.1 Å². The van der Waals surface area contributed by atoms with E-state index in [1.54, 1.807) is 19.9 Å². The van der Waals surface area contributed by atoms with Crippen LogP contribution in [0.2, 0.25) is 5.02 Å². The number of aryl methyl sites for hydroxylation is 1. The molecule has 0 aliphatic rings. The Balaban J connectivity index is 3.41. The van der Waals surface area contributed by atoms with E-state index in [1.165, 1.54) is 0 Å². The Kier molecular flexibility index (Phi) is 2.68. The van der Waals surface area contributed by atoms with Gasteiger partial charge in [0, 0.05) is 11.6 Å². The van der Waals surface area contributed by atoms with E-state index in [-0.39, 0.29) is 22.6 Å². The molecule has 1 unspecified atom stereocenters. The van der Waals surface area contributed by atoms with Crippen LogP contribution in [-0.4, -0.2) is 10.2 Å². The molecule has 1 rings (SSSR count). The average molecular weight is 202 g/mol. The topological polar surface area (TPSA) is 66.5 Å². The van der Waals surface area contributed by atoms with Gasteiger partial charge in [-0.2, -0.15) is 0 Å². The molecule has 0 aliphatic carbocycles. The highest BCUT2D eigenvalue weighted by Crippen LogP contribution is 2.39. The van der Waals surface area contributed by atoms with Crippen molar-refractivity contribution in [3.05, 3.63) is 22.2 Å². The van der Waals surface area contributed by atoms with Crippen molar-refractivity contribution in [1.29, 1.82) is 0 Å². The molecule has 1 atom stereocenters. The summed E-state index contributed by atoms with van der Waals surface area (Å²) in [5.74, 6) is -0.233. The van der Waals surface area contributed by atoms with Crippen LogP contribution in [0.15, 0.2) is 6.07 Å². The summed E-state index contributed by atoms with van der Waals surface area (Å²) in [5.41, 5.74) is 6.75. The molecule has 0 saturated carbocycles. The minimum absolute atomic E-state index is 0.0349. The number of hydrogen-bond donors (Lipinski definition) is 3. The second-order valence-corrected chi connectivity index (χ2v) is 3.46. The molecule has 72 valence electrons. The Labute approximate surface area is 81.8 Å². The molecule has 0 heterocycles. The Morgan fingerprint density at radius 1 is 1.38 bits per heavy atom. The summed E-state index contributed by atoms with van der Waals surface area (Å²) in [7, 11) is 0. The molecule has 0 amide bonds. The summed E-state index contributed by atoms with van der Waals surface area (Å²) in [6.45, 7) is 3.44. The molecule has 0 fully saturated rings. The van der Waals surface area contributed by atoms with E-state index >= 15 is 0 Å². The number of phenolic OH excluding ortho intramolecular Hbond substituents is 2. The lowest BCUT2D eigenvalue weighted by molar-refractivity contribution is 0.441. The third kappa shape index (κ3) is 1.71. The number of phenols is 2. The summed E-state index contributed by atoms with van der Waals surface area (Å²) in [5, 5.41) is 18.8. The molecular formula is C9H12ClNO2. The van der Waals surface area contributed by atoms with Gasteiger partial charge in [0.2, 0.25) is 0 Å². The van der Waals surface area contributed by atoms with Crippen LogP contribution in [0.5, 0.6) is 11.5 Å². The summed E-state index contributed by atoms with van der Waals surface area (Å²) < 4.78 is 0. The molecule has 4 heteroatoms. The summed E-state index contributed by atoms with van der Waals surface area (Å²) in [6, 6.07) is 1.32. The van der Waals surface area contributed by atoms with Gasteiger partial charge >= 0.3 is 0 Å². The van der Waals surface area contributed by atoms with Gasteiger partial charge < -0.3 is 15.9 Å². The zero-order valence-corrected chi connectivity index (χ0v) is 8.26. The number of benzene rings is 1. The number of nitrogens with two attached hydrogens (primary N) is 1. The average Bonchev–Trinajstić information content (AvgIpc) is 2.07. The van der Waals surface area contributed by atoms with E-state index in [9.17, 15) is 10.2 Å². The van der Waals surface area contributed by atoms with Crippen LogP contribution in [0.4, 0.5) is 0 Å². The van der Waals surface area contributed by atoms with Gasteiger partial charge in [-0.1, -0.05) is 11.6 Å². The predicted octanol–water partition coefficient (Wildman–Crippen LogP) is 2.08. The van der Waals surface area contributed by atoms with Crippen molar-refractivity contribution >= 4 is 11.6 Å². The smallest absolute Gasteiger partial charge is 0.142 e. The van der Waals surface area contributed by atoms with Crippen LogP contribution in [0, 0.1) is 6.92 Å². The molecule has 0 aromatic heterocycles. The van der Waals surface area contributed by atoms with Gasteiger partial charge in [0.05, 0.1) is 0 Å². The standard InChI is InChI=1S/C9H12ClNO2/c1-4-3-6(5(2)11)9(13)7(10)8(4)12/h3,5,12-13H,11H2,1-2H3. The lowest BCUT2D eigenvalue weighted by atomic mass is 10.0. The summed E-state index contributed by atoms with van der Waals surface area (Å²) in [6.07, 6.45) is 0. The van der Waals surface area contributed by atoms with E-state index in [0.717, 1.165) is 0 Å². The van der Waals surface area contributed by atoms with Crippen molar-refractivity contribution in [2.45, 2.75) is 19.9 Å². The molecule has 13 heavy (non-hydrogen) atoms. The number of halogens is 1. The van der Waals surface area contributed by atoms with Crippen molar-refractivity contribution < 1.29 is 10.2 Å². The van der Waals surface area contributed by atoms with Crippen LogP contribution >= 0.6 is 11.6 Å². The van der Waals surface area contributed by atoms with Gasteiger partial charge in [0.1, 0.15) is 16.5 Å². The zero-order chi connectivity index (χ0) is 10.2. The van der Waals surface area contributed by atoms with Gasteiger partial charge in [-0.3, -0.25) is 0 Å². The van der Waals surface area contributed by atoms with Gasteiger partial charge in [-0.05, 0) is 25.5 Å². The fourth-order valence-corrected chi connectivity index (χ4v) is 1.39. The lowest BCUT2D eigenvalue weighted by Gasteiger charge is -2.12. The van der Waals surface area contributed by atoms with Crippen molar-refractivity contribution in [1.82, 2.24) is 0 Å². The van der Waals surface area contributed by atoms with Gasteiger partial charge in [-0.15, -0.1) is 0 Å². The highest BCUT2D eigenvalue weighted by molar-refractivity contribution is 6.33. The maximum Gasteiger partial charge on any atom is 0.142 e. The van der Waals surface area contributed by atoms with Crippen LogP contribution in [-0.2, 0) is 0 Å². The van der Waals surface area contributed by atoms with Crippen molar-refractivity contribution in [2.24, 2.45) is 5.73 Å². The summed E-state index contributed by atoms with van der Waals surface area (Å²) >= 11 is 5.68. The third-order valence-electron chi connectivity index (χ3n) is 1.93. The van der Waals surface area contributed by atoms with Crippen molar-refractivity contribution in [2.75, 3.05) is 0 Å². The van der Waals surface area contributed by atoms with Crippen LogP contribution in [0.25, 0.3) is 0 Å². The molecular weight excluding hydrogens is 190 g/mol. The Hall–Kier alpha value is -0.930. The first-order chi connectivity index (χ1) is 5.95. The third-order valence-corrected chi connectivity index (χ3v) is 2.28. The largest absolute Gasteiger partial charge is 0.506 e. The molecule has 3 nitrogen and oxygen atoms in total. The number of rotatable bonds is 1. The highest BCUT2D eigenvalue weighted by atomic mass is 35.5. The first kappa shape index (κ1) is 10.2. The molecule has 0 saturated heterocycles. The molecule has 4 N–H and O–H groups in total.